The van der Waals surface area contributed by atoms with Gasteiger partial charge in [0.25, 0.3) is 11.6 Å². The Morgan fingerprint density at radius 3 is 2.67 bits per heavy atom. The van der Waals surface area contributed by atoms with Gasteiger partial charge in [-0.15, -0.1) is 0 Å². The molecule has 3 N–H and O–H groups in total. The molecule has 9 heteroatoms. The van der Waals surface area contributed by atoms with Gasteiger partial charge in [-0.1, -0.05) is 23.2 Å². The van der Waals surface area contributed by atoms with Crippen molar-refractivity contribution in [2.45, 2.75) is 0 Å². The molecule has 2 rings (SSSR count). The zero-order valence-electron chi connectivity index (χ0n) is 10.3. The molecular formula is C12H8Cl2N4O3. The Hall–Kier alpha value is -2.38. The van der Waals surface area contributed by atoms with E-state index in [9.17, 15) is 14.9 Å². The summed E-state index contributed by atoms with van der Waals surface area (Å²) in [6, 6.07) is 5.41. The molecule has 1 amide bonds. The summed E-state index contributed by atoms with van der Waals surface area (Å²) in [5.41, 5.74) is 4.82. The smallest absolute Gasteiger partial charge is 0.294 e. The molecule has 1 aromatic carbocycles. The van der Waals surface area contributed by atoms with E-state index in [1.165, 1.54) is 12.3 Å². The average Bonchev–Trinajstić information content (AvgIpc) is 2.43. The number of hydrogen-bond donors (Lipinski definition) is 2. The largest absolute Gasteiger partial charge is 0.392 e. The molecular weight excluding hydrogens is 319 g/mol. The van der Waals surface area contributed by atoms with Crippen molar-refractivity contribution in [3.05, 3.63) is 56.2 Å². The van der Waals surface area contributed by atoms with Gasteiger partial charge in [0, 0.05) is 17.8 Å². The van der Waals surface area contributed by atoms with Gasteiger partial charge in [0.2, 0.25) is 0 Å². The first-order chi connectivity index (χ1) is 9.90. The molecule has 0 aliphatic carbocycles. The maximum Gasteiger partial charge on any atom is 0.294 e. The number of benzene rings is 1. The molecule has 0 radical (unpaired) electrons. The zero-order chi connectivity index (χ0) is 15.6. The standard InChI is InChI=1S/C12H8Cl2N4O3/c13-7-2-1-3-16-11(7)17-12(19)6-4-8(14)10(15)9(5-6)18(20)21/h1-5H,15H2,(H,16,17,19). The van der Waals surface area contributed by atoms with Crippen LogP contribution < -0.4 is 11.1 Å². The summed E-state index contributed by atoms with van der Waals surface area (Å²) in [4.78, 5) is 26.1. The third-order valence-electron chi connectivity index (χ3n) is 2.56. The van der Waals surface area contributed by atoms with Gasteiger partial charge >= 0.3 is 0 Å². The first kappa shape index (κ1) is 15.0. The number of nitro groups is 1. The van der Waals surface area contributed by atoms with Crippen LogP contribution in [0.15, 0.2) is 30.5 Å². The summed E-state index contributed by atoms with van der Waals surface area (Å²) in [7, 11) is 0. The number of nitrogens with two attached hydrogens (primary N) is 1. The van der Waals surface area contributed by atoms with E-state index in [1.54, 1.807) is 12.1 Å². The number of hydrogen-bond acceptors (Lipinski definition) is 5. The highest BCUT2D eigenvalue weighted by molar-refractivity contribution is 6.34. The first-order valence-electron chi connectivity index (χ1n) is 5.55. The quantitative estimate of drug-likeness (QED) is 0.511. The highest BCUT2D eigenvalue weighted by Crippen LogP contribution is 2.31. The van der Waals surface area contributed by atoms with E-state index in [-0.39, 0.29) is 27.1 Å². The predicted molar refractivity (Wildman–Crippen MR) is 79.7 cm³/mol. The van der Waals surface area contributed by atoms with Crippen LogP contribution in [0.1, 0.15) is 10.4 Å². The number of halogens is 2. The monoisotopic (exact) mass is 326 g/mol. The van der Waals surface area contributed by atoms with E-state index in [0.717, 1.165) is 6.07 Å². The van der Waals surface area contributed by atoms with Crippen molar-refractivity contribution in [1.29, 1.82) is 0 Å². The van der Waals surface area contributed by atoms with Crippen molar-refractivity contribution in [3.63, 3.8) is 0 Å². The molecule has 0 saturated heterocycles. The number of anilines is 2. The number of carbonyl (C=O) groups is 1. The summed E-state index contributed by atoms with van der Waals surface area (Å²) < 4.78 is 0. The van der Waals surface area contributed by atoms with Crippen LogP contribution in [0.4, 0.5) is 17.2 Å². The maximum atomic E-state index is 12.1. The van der Waals surface area contributed by atoms with Gasteiger partial charge in [0.1, 0.15) is 5.69 Å². The Balaban J connectivity index is 2.36. The summed E-state index contributed by atoms with van der Waals surface area (Å²) in [6.45, 7) is 0. The van der Waals surface area contributed by atoms with Crippen molar-refractivity contribution >= 4 is 46.3 Å². The van der Waals surface area contributed by atoms with Crippen LogP contribution in [0, 0.1) is 10.1 Å². The second-order valence-corrected chi connectivity index (χ2v) is 4.75. The third kappa shape index (κ3) is 3.21. The summed E-state index contributed by atoms with van der Waals surface area (Å²) >= 11 is 11.7. The Morgan fingerprint density at radius 2 is 2.05 bits per heavy atom. The highest BCUT2D eigenvalue weighted by Gasteiger charge is 2.20. The lowest BCUT2D eigenvalue weighted by molar-refractivity contribution is -0.383. The number of nitrogen functional groups attached to an aromatic ring is 1. The van der Waals surface area contributed by atoms with E-state index in [4.69, 9.17) is 28.9 Å². The van der Waals surface area contributed by atoms with Crippen molar-refractivity contribution in [2.75, 3.05) is 11.1 Å². The number of amides is 1. The maximum absolute atomic E-state index is 12.1. The molecule has 0 spiro atoms. The Morgan fingerprint density at radius 1 is 1.33 bits per heavy atom. The molecule has 0 saturated carbocycles. The van der Waals surface area contributed by atoms with Crippen molar-refractivity contribution < 1.29 is 9.72 Å². The van der Waals surface area contributed by atoms with Gasteiger partial charge in [-0.2, -0.15) is 0 Å². The minimum Gasteiger partial charge on any atom is -0.392 e. The minimum atomic E-state index is -0.717. The molecule has 0 fully saturated rings. The minimum absolute atomic E-state index is 0.0254. The average molecular weight is 327 g/mol. The zero-order valence-corrected chi connectivity index (χ0v) is 11.9. The number of aromatic nitrogens is 1. The molecule has 7 nitrogen and oxygen atoms in total. The third-order valence-corrected chi connectivity index (χ3v) is 3.17. The van der Waals surface area contributed by atoms with Gasteiger partial charge in [-0.3, -0.25) is 14.9 Å². The summed E-state index contributed by atoms with van der Waals surface area (Å²) in [5, 5.41) is 13.5. The lowest BCUT2D eigenvalue weighted by atomic mass is 10.1. The molecule has 2 aromatic rings. The molecule has 0 aliphatic rings. The molecule has 1 aromatic heterocycles. The summed E-state index contributed by atoms with van der Waals surface area (Å²) in [6.07, 6.45) is 1.44. The van der Waals surface area contributed by atoms with E-state index < -0.39 is 16.5 Å². The highest BCUT2D eigenvalue weighted by atomic mass is 35.5. The fourth-order valence-corrected chi connectivity index (χ4v) is 1.93. The van der Waals surface area contributed by atoms with Crippen LogP contribution >= 0.6 is 23.2 Å². The van der Waals surface area contributed by atoms with Gasteiger partial charge < -0.3 is 11.1 Å². The lowest BCUT2D eigenvalue weighted by Gasteiger charge is -2.07. The fraction of sp³-hybridized carbons (Fsp3) is 0. The molecule has 1 heterocycles. The van der Waals surface area contributed by atoms with Crippen LogP contribution in [0.5, 0.6) is 0 Å². The number of rotatable bonds is 3. The topological polar surface area (TPSA) is 111 Å². The van der Waals surface area contributed by atoms with Crippen LogP contribution in [-0.2, 0) is 0 Å². The van der Waals surface area contributed by atoms with Gasteiger partial charge in [-0.05, 0) is 18.2 Å². The lowest BCUT2D eigenvalue weighted by Crippen LogP contribution is -2.14. The van der Waals surface area contributed by atoms with Crippen LogP contribution in [0.25, 0.3) is 0 Å². The predicted octanol–water partition coefficient (Wildman–Crippen LogP) is 3.13. The Labute approximate surface area is 128 Å². The SMILES string of the molecule is Nc1c(Cl)cc(C(=O)Nc2ncccc2Cl)cc1[N+](=O)[O-]. The van der Waals surface area contributed by atoms with E-state index in [2.05, 4.69) is 10.3 Å². The van der Waals surface area contributed by atoms with E-state index in [1.807, 2.05) is 0 Å². The normalized spacial score (nSPS) is 10.2. The van der Waals surface area contributed by atoms with E-state index >= 15 is 0 Å². The van der Waals surface area contributed by atoms with Crippen LogP contribution in [0.2, 0.25) is 10.0 Å². The van der Waals surface area contributed by atoms with Crippen molar-refractivity contribution in [1.82, 2.24) is 4.98 Å². The second kappa shape index (κ2) is 5.94. The Bertz CT molecular complexity index is 736. The summed E-state index contributed by atoms with van der Waals surface area (Å²) in [5.74, 6) is -0.500. The van der Waals surface area contributed by atoms with E-state index in [0.29, 0.717) is 0 Å². The van der Waals surface area contributed by atoms with Gasteiger partial charge in [-0.25, -0.2) is 4.98 Å². The molecule has 108 valence electrons. The second-order valence-electron chi connectivity index (χ2n) is 3.94. The first-order valence-corrected chi connectivity index (χ1v) is 6.31. The van der Waals surface area contributed by atoms with Gasteiger partial charge in [0.15, 0.2) is 5.82 Å². The van der Waals surface area contributed by atoms with Crippen LogP contribution in [0.3, 0.4) is 0 Å². The Kier molecular flexibility index (Phi) is 4.25. The van der Waals surface area contributed by atoms with Crippen LogP contribution in [-0.4, -0.2) is 15.8 Å². The number of pyridine rings is 1. The van der Waals surface area contributed by atoms with Crippen molar-refractivity contribution in [2.24, 2.45) is 0 Å². The molecule has 0 aliphatic heterocycles. The molecule has 21 heavy (non-hydrogen) atoms. The number of nitro benzene ring substituents is 1. The fourth-order valence-electron chi connectivity index (χ4n) is 1.54. The number of nitrogens with zero attached hydrogens (tertiary/aromatic N) is 2. The molecule has 0 unspecified atom stereocenters. The number of nitrogens with one attached hydrogen (secondary N) is 1. The van der Waals surface area contributed by atoms with Crippen molar-refractivity contribution in [3.8, 4) is 0 Å². The number of carbonyl (C=O) groups excluding carboxylic acids is 1. The molecule has 0 bridgehead atoms. The molecule has 0 atom stereocenters. The van der Waals surface area contributed by atoms with Gasteiger partial charge in [0.05, 0.1) is 15.0 Å².